The van der Waals surface area contributed by atoms with Crippen LogP contribution in [-0.4, -0.2) is 24.9 Å². The SMILES string of the molecule is CCCOc1cccc2c1ccn2CCOC. The van der Waals surface area contributed by atoms with Gasteiger partial charge in [-0.25, -0.2) is 0 Å². The second-order valence-corrected chi connectivity index (χ2v) is 4.04. The fraction of sp³-hybridized carbons (Fsp3) is 0.429. The third-order valence-corrected chi connectivity index (χ3v) is 2.77. The molecule has 2 aromatic rings. The molecule has 0 atom stereocenters. The molecule has 0 aliphatic carbocycles. The molecule has 0 aliphatic heterocycles. The van der Waals surface area contributed by atoms with E-state index in [0.29, 0.717) is 0 Å². The van der Waals surface area contributed by atoms with Crippen molar-refractivity contribution in [2.24, 2.45) is 0 Å². The Hall–Kier alpha value is -1.48. The highest BCUT2D eigenvalue weighted by Crippen LogP contribution is 2.26. The summed E-state index contributed by atoms with van der Waals surface area (Å²) in [6.07, 6.45) is 3.11. The maximum atomic E-state index is 5.74. The molecule has 0 unspecified atom stereocenters. The molecule has 0 amide bonds. The second kappa shape index (κ2) is 5.73. The van der Waals surface area contributed by atoms with Gasteiger partial charge in [-0.3, -0.25) is 0 Å². The minimum atomic E-state index is 0.726. The molecular weight excluding hydrogens is 214 g/mol. The van der Waals surface area contributed by atoms with E-state index in [9.17, 15) is 0 Å². The lowest BCUT2D eigenvalue weighted by Gasteiger charge is -2.08. The fourth-order valence-corrected chi connectivity index (χ4v) is 1.92. The van der Waals surface area contributed by atoms with Crippen LogP contribution in [0.25, 0.3) is 10.9 Å². The zero-order chi connectivity index (χ0) is 12.1. The average molecular weight is 233 g/mol. The van der Waals surface area contributed by atoms with E-state index in [1.165, 1.54) is 10.9 Å². The van der Waals surface area contributed by atoms with Crippen LogP contribution in [0.15, 0.2) is 30.5 Å². The topological polar surface area (TPSA) is 23.4 Å². The molecule has 17 heavy (non-hydrogen) atoms. The predicted octanol–water partition coefficient (Wildman–Crippen LogP) is 3.08. The van der Waals surface area contributed by atoms with Crippen LogP contribution in [0.4, 0.5) is 0 Å². The van der Waals surface area contributed by atoms with Crippen LogP contribution in [0, 0.1) is 0 Å². The number of aromatic nitrogens is 1. The van der Waals surface area contributed by atoms with E-state index < -0.39 is 0 Å². The van der Waals surface area contributed by atoms with Crippen LogP contribution in [-0.2, 0) is 11.3 Å². The first-order valence-electron chi connectivity index (χ1n) is 6.06. The maximum Gasteiger partial charge on any atom is 0.128 e. The van der Waals surface area contributed by atoms with E-state index in [4.69, 9.17) is 9.47 Å². The summed E-state index contributed by atoms with van der Waals surface area (Å²) in [6.45, 7) is 4.48. The predicted molar refractivity (Wildman–Crippen MR) is 69.6 cm³/mol. The van der Waals surface area contributed by atoms with Gasteiger partial charge in [-0.15, -0.1) is 0 Å². The minimum absolute atomic E-state index is 0.726. The number of methoxy groups -OCH3 is 1. The molecule has 0 fully saturated rings. The molecule has 0 bridgehead atoms. The number of benzene rings is 1. The molecule has 2 rings (SSSR count). The van der Waals surface area contributed by atoms with Gasteiger partial charge in [0, 0.05) is 25.2 Å². The summed E-state index contributed by atoms with van der Waals surface area (Å²) >= 11 is 0. The fourth-order valence-electron chi connectivity index (χ4n) is 1.92. The molecule has 0 radical (unpaired) electrons. The molecule has 0 saturated heterocycles. The molecule has 1 aromatic heterocycles. The maximum absolute atomic E-state index is 5.74. The van der Waals surface area contributed by atoms with E-state index in [-0.39, 0.29) is 0 Å². The van der Waals surface area contributed by atoms with Gasteiger partial charge in [0.2, 0.25) is 0 Å². The van der Waals surface area contributed by atoms with Crippen LogP contribution in [0.5, 0.6) is 5.75 Å². The van der Waals surface area contributed by atoms with Gasteiger partial charge in [0.25, 0.3) is 0 Å². The lowest BCUT2D eigenvalue weighted by molar-refractivity contribution is 0.188. The van der Waals surface area contributed by atoms with E-state index in [2.05, 4.69) is 29.8 Å². The van der Waals surface area contributed by atoms with Crippen molar-refractivity contribution in [1.82, 2.24) is 4.57 Å². The molecule has 3 heteroatoms. The Balaban J connectivity index is 2.28. The average Bonchev–Trinajstić information content (AvgIpc) is 2.77. The Morgan fingerprint density at radius 1 is 1.18 bits per heavy atom. The van der Waals surface area contributed by atoms with Gasteiger partial charge in [-0.05, 0) is 24.6 Å². The Kier molecular flexibility index (Phi) is 4.04. The number of fused-ring (bicyclic) bond motifs is 1. The summed E-state index contributed by atoms with van der Waals surface area (Å²) in [5.74, 6) is 0.973. The lowest BCUT2D eigenvalue weighted by Crippen LogP contribution is -2.02. The van der Waals surface area contributed by atoms with Crippen LogP contribution in [0.1, 0.15) is 13.3 Å². The highest BCUT2D eigenvalue weighted by atomic mass is 16.5. The molecule has 0 N–H and O–H groups in total. The molecule has 0 saturated carbocycles. The smallest absolute Gasteiger partial charge is 0.128 e. The van der Waals surface area contributed by atoms with E-state index in [0.717, 1.165) is 31.9 Å². The number of hydrogen-bond acceptors (Lipinski definition) is 2. The van der Waals surface area contributed by atoms with Gasteiger partial charge in [0.15, 0.2) is 0 Å². The number of hydrogen-bond donors (Lipinski definition) is 0. The third-order valence-electron chi connectivity index (χ3n) is 2.77. The van der Waals surface area contributed by atoms with Gasteiger partial charge < -0.3 is 14.0 Å². The quantitative estimate of drug-likeness (QED) is 0.765. The molecule has 3 nitrogen and oxygen atoms in total. The Labute approximate surface area is 102 Å². The van der Waals surface area contributed by atoms with Crippen LogP contribution >= 0.6 is 0 Å². The normalized spacial score (nSPS) is 10.9. The summed E-state index contributed by atoms with van der Waals surface area (Å²) in [7, 11) is 1.72. The Bertz CT molecular complexity index is 476. The second-order valence-electron chi connectivity index (χ2n) is 4.04. The Morgan fingerprint density at radius 2 is 2.06 bits per heavy atom. The Morgan fingerprint density at radius 3 is 2.82 bits per heavy atom. The summed E-state index contributed by atoms with van der Waals surface area (Å²) in [5.41, 5.74) is 1.20. The standard InChI is InChI=1S/C14H19NO2/c1-3-10-17-14-6-4-5-13-12(14)7-8-15(13)9-11-16-2/h4-8H,3,9-11H2,1-2H3. The summed E-state index contributed by atoms with van der Waals surface area (Å²) in [5, 5.41) is 1.18. The molecule has 0 aliphatic rings. The van der Waals surface area contributed by atoms with Crippen molar-refractivity contribution in [2.75, 3.05) is 20.3 Å². The van der Waals surface area contributed by atoms with Crippen molar-refractivity contribution in [1.29, 1.82) is 0 Å². The van der Waals surface area contributed by atoms with Gasteiger partial charge >= 0.3 is 0 Å². The summed E-state index contributed by atoms with van der Waals surface area (Å²) in [4.78, 5) is 0. The van der Waals surface area contributed by atoms with Crippen LogP contribution < -0.4 is 4.74 Å². The van der Waals surface area contributed by atoms with Gasteiger partial charge in [-0.2, -0.15) is 0 Å². The first-order chi connectivity index (χ1) is 8.36. The zero-order valence-corrected chi connectivity index (χ0v) is 10.5. The molecule has 1 aromatic carbocycles. The van der Waals surface area contributed by atoms with E-state index >= 15 is 0 Å². The molecule has 92 valence electrons. The third kappa shape index (κ3) is 2.61. The van der Waals surface area contributed by atoms with Crippen molar-refractivity contribution in [3.8, 4) is 5.75 Å². The van der Waals surface area contributed by atoms with E-state index in [1.54, 1.807) is 7.11 Å². The van der Waals surface area contributed by atoms with Crippen molar-refractivity contribution in [3.05, 3.63) is 30.5 Å². The lowest BCUT2D eigenvalue weighted by atomic mass is 10.2. The number of rotatable bonds is 6. The summed E-state index contributed by atoms with van der Waals surface area (Å²) in [6, 6.07) is 8.29. The monoisotopic (exact) mass is 233 g/mol. The zero-order valence-electron chi connectivity index (χ0n) is 10.5. The van der Waals surface area contributed by atoms with Crippen molar-refractivity contribution >= 4 is 10.9 Å². The van der Waals surface area contributed by atoms with Gasteiger partial charge in [0.05, 0.1) is 18.7 Å². The largest absolute Gasteiger partial charge is 0.493 e. The molecule has 0 spiro atoms. The molecular formula is C14H19NO2. The van der Waals surface area contributed by atoms with E-state index in [1.807, 2.05) is 12.1 Å². The van der Waals surface area contributed by atoms with Crippen molar-refractivity contribution < 1.29 is 9.47 Å². The van der Waals surface area contributed by atoms with Gasteiger partial charge in [-0.1, -0.05) is 13.0 Å². The van der Waals surface area contributed by atoms with Crippen molar-refractivity contribution in [3.63, 3.8) is 0 Å². The summed E-state index contributed by atoms with van der Waals surface area (Å²) < 4.78 is 13.0. The highest BCUT2D eigenvalue weighted by molar-refractivity contribution is 5.86. The number of ether oxygens (including phenoxy) is 2. The molecule has 1 heterocycles. The first-order valence-corrected chi connectivity index (χ1v) is 6.06. The van der Waals surface area contributed by atoms with Crippen LogP contribution in [0.2, 0.25) is 0 Å². The first kappa shape index (κ1) is 12.0. The van der Waals surface area contributed by atoms with Gasteiger partial charge in [0.1, 0.15) is 5.75 Å². The van der Waals surface area contributed by atoms with Crippen LogP contribution in [0.3, 0.4) is 0 Å². The highest BCUT2D eigenvalue weighted by Gasteiger charge is 2.05. The van der Waals surface area contributed by atoms with Crippen molar-refractivity contribution in [2.45, 2.75) is 19.9 Å². The number of nitrogens with zero attached hydrogens (tertiary/aromatic N) is 1. The minimum Gasteiger partial charge on any atom is -0.493 e.